The summed E-state index contributed by atoms with van der Waals surface area (Å²) in [5.74, 6) is 0. The average molecular weight is 1260 g/mol. The van der Waals surface area contributed by atoms with Crippen molar-refractivity contribution in [1.82, 2.24) is 10.6 Å². The molecule has 8 fully saturated rings. The minimum atomic E-state index is -0.794. The lowest BCUT2D eigenvalue weighted by atomic mass is 9.87. The molecule has 5 saturated carbocycles. The molecule has 2 amide bonds. The van der Waals surface area contributed by atoms with E-state index in [-0.39, 0.29) is 46.8 Å². The van der Waals surface area contributed by atoms with Gasteiger partial charge in [-0.05, 0) is 99.3 Å². The number of allylic oxidation sites excluding steroid dienone is 6. The Morgan fingerprint density at radius 1 is 0.494 bits per heavy atom. The third-order valence-electron chi connectivity index (χ3n) is 14.2. The average Bonchev–Trinajstić information content (AvgIpc) is 4.38. The predicted octanol–water partition coefficient (Wildman–Crippen LogP) is 3.52. The number of ether oxygens (including phenoxy) is 5. The minimum Gasteiger partial charge on any atom is -0.444 e. The molecule has 7 aliphatic carbocycles. The molecule has 18 N–H and O–H groups in total. The first-order valence-electron chi connectivity index (χ1n) is 28.2. The second-order valence-electron chi connectivity index (χ2n) is 23.8. The highest BCUT2D eigenvalue weighted by Gasteiger charge is 2.56. The number of carbonyl (C=O) groups is 2. The van der Waals surface area contributed by atoms with Crippen LogP contribution in [0.5, 0.6) is 0 Å². The van der Waals surface area contributed by atoms with E-state index in [0.29, 0.717) is 62.3 Å². The molecule has 21 nitrogen and oxygen atoms in total. The summed E-state index contributed by atoms with van der Waals surface area (Å²) in [7, 11) is 0. The lowest BCUT2D eigenvalue weighted by Crippen LogP contribution is -2.55. The summed E-state index contributed by atoms with van der Waals surface area (Å²) in [6.07, 6.45) is 23.3. The highest BCUT2D eigenvalue weighted by Crippen LogP contribution is 2.46. The molecule has 0 unspecified atom stereocenters. The topological polar surface area (TPSA) is 380 Å². The van der Waals surface area contributed by atoms with Gasteiger partial charge in [0.05, 0.1) is 97.5 Å². The summed E-state index contributed by atoms with van der Waals surface area (Å²) in [6.45, 7) is 16.1. The molecular formula is C56H100Br2N6O15. The van der Waals surface area contributed by atoms with E-state index >= 15 is 0 Å². The van der Waals surface area contributed by atoms with E-state index in [2.05, 4.69) is 86.4 Å². The van der Waals surface area contributed by atoms with Crippen LogP contribution in [0.15, 0.2) is 49.1 Å². The largest absolute Gasteiger partial charge is 0.444 e. The van der Waals surface area contributed by atoms with Crippen molar-refractivity contribution in [2.45, 2.75) is 287 Å². The van der Waals surface area contributed by atoms with E-state index in [9.17, 15) is 35.1 Å². The number of alkyl carbamates (subject to hydrolysis) is 2. The highest BCUT2D eigenvalue weighted by molar-refractivity contribution is 9.09. The fourth-order valence-electron chi connectivity index (χ4n) is 9.15. The third kappa shape index (κ3) is 28.8. The maximum atomic E-state index is 11.5. The molecule has 0 aromatic carbocycles. The van der Waals surface area contributed by atoms with E-state index < -0.39 is 84.2 Å². The van der Waals surface area contributed by atoms with Gasteiger partial charge in [-0.3, -0.25) is 0 Å². The molecule has 79 heavy (non-hydrogen) atoms. The lowest BCUT2D eigenvalue weighted by molar-refractivity contribution is -0.00293. The maximum Gasteiger partial charge on any atom is 0.407 e. The second-order valence-corrected chi connectivity index (χ2v) is 26.1. The van der Waals surface area contributed by atoms with Crippen LogP contribution >= 0.6 is 31.9 Å². The zero-order valence-corrected chi connectivity index (χ0v) is 50.7. The van der Waals surface area contributed by atoms with Crippen molar-refractivity contribution in [3.8, 4) is 0 Å². The van der Waals surface area contributed by atoms with Crippen molar-refractivity contribution >= 4 is 44.0 Å². The molecule has 0 bridgehead atoms. The summed E-state index contributed by atoms with van der Waals surface area (Å²) < 4.78 is 26.0. The Bertz CT molecular complexity index is 1730. The van der Waals surface area contributed by atoms with E-state index in [1.54, 1.807) is 41.5 Å². The fraction of sp³-hybridized carbons (Fsp3) is 0.821. The Labute approximate surface area is 485 Å². The van der Waals surface area contributed by atoms with Gasteiger partial charge in [-0.25, -0.2) is 9.59 Å². The van der Waals surface area contributed by atoms with Gasteiger partial charge in [0, 0.05) is 72.3 Å². The maximum absolute atomic E-state index is 11.5. The van der Waals surface area contributed by atoms with Crippen LogP contribution in [0.25, 0.3) is 0 Å². The Kier molecular flexibility index (Phi) is 31.1. The molecule has 3 saturated heterocycles. The number of nitrogens with two attached hydrogens (primary N) is 4. The molecular weight excluding hydrogens is 1160 g/mol. The van der Waals surface area contributed by atoms with Crippen molar-refractivity contribution in [2.75, 3.05) is 0 Å². The lowest BCUT2D eigenvalue weighted by Gasteiger charge is -2.35. The van der Waals surface area contributed by atoms with Crippen LogP contribution in [0.3, 0.4) is 0 Å². The Balaban J connectivity index is 0.000000245. The van der Waals surface area contributed by atoms with Gasteiger partial charge >= 0.3 is 12.2 Å². The number of rotatable bonds is 3. The van der Waals surface area contributed by atoms with Crippen molar-refractivity contribution in [2.24, 2.45) is 22.9 Å². The summed E-state index contributed by atoms with van der Waals surface area (Å²) in [4.78, 5) is 23.6. The number of epoxide rings is 3. The van der Waals surface area contributed by atoms with Crippen LogP contribution in [0, 0.1) is 0 Å². The summed E-state index contributed by atoms with van der Waals surface area (Å²) in [6, 6.07) is -2.33. The second kappa shape index (κ2) is 34.6. The number of hydrogen-bond donors (Lipinski definition) is 14. The van der Waals surface area contributed by atoms with E-state index in [1.807, 2.05) is 12.2 Å². The van der Waals surface area contributed by atoms with Crippen molar-refractivity contribution in [1.29, 1.82) is 0 Å². The first-order chi connectivity index (χ1) is 36.9. The normalized spacial score (nSPS) is 39.7. The summed E-state index contributed by atoms with van der Waals surface area (Å²) in [5.41, 5.74) is 21.2. The van der Waals surface area contributed by atoms with Crippen molar-refractivity contribution in [3.63, 3.8) is 0 Å². The molecule has 0 aromatic rings. The number of alkyl halides is 2. The molecule has 0 aromatic heterocycles. The molecule has 22 atom stereocenters. The third-order valence-corrected chi connectivity index (χ3v) is 16.2. The van der Waals surface area contributed by atoms with Crippen LogP contribution in [0.2, 0.25) is 0 Å². The van der Waals surface area contributed by atoms with Gasteiger partial charge in [0.25, 0.3) is 0 Å². The van der Waals surface area contributed by atoms with E-state index in [4.69, 9.17) is 61.9 Å². The number of carbonyl (C=O) groups excluding carboxylic acids is 2. The van der Waals surface area contributed by atoms with Gasteiger partial charge in [-0.15, -0.1) is 6.58 Å². The van der Waals surface area contributed by atoms with Crippen molar-refractivity contribution in [3.05, 3.63) is 49.1 Å². The number of aliphatic hydroxyl groups excluding tert-OH is 8. The quantitative estimate of drug-likeness (QED) is 0.109. The number of halogens is 2. The van der Waals surface area contributed by atoms with Gasteiger partial charge < -0.3 is 98.1 Å². The van der Waals surface area contributed by atoms with E-state index in [1.165, 1.54) is 12.8 Å². The van der Waals surface area contributed by atoms with Crippen molar-refractivity contribution < 1.29 is 74.1 Å². The van der Waals surface area contributed by atoms with Gasteiger partial charge in [-0.1, -0.05) is 81.3 Å². The SMILES string of the molecule is C1=CCC=CC1.C1[C@@H]2O[C@@H]2C[C@@H]2O[C@H]12.C=CCC.CC(C)(C)OC(=O)N[C@@H]1C[C@H](N)[C@@H](O)C[C@H]1O.CC(C)(C)OC(=O)N[C@H]1C[C@@H](N)[C@H](O)C[C@@H]1O.N[C@@H]1C[C@H](N)[C@@H](O)C[C@H]1O.O[C@@H]1CC=CC[C@H]1Br.O[C@@H]1C[C@@H]2O[C@@H]2C[C@H]1Br. The molecule has 3 heterocycles. The predicted molar refractivity (Wildman–Crippen MR) is 310 cm³/mol. The molecule has 0 spiro atoms. The molecule has 0 radical (unpaired) electrons. The number of nitrogens with one attached hydrogen (secondary N) is 2. The van der Waals surface area contributed by atoms with Gasteiger partial charge in [0.1, 0.15) is 11.2 Å². The van der Waals surface area contributed by atoms with Crippen LogP contribution in [-0.4, -0.2) is 196 Å². The Morgan fingerprint density at radius 2 is 0.823 bits per heavy atom. The number of fused-ring (bicyclic) bond motifs is 3. The minimum absolute atomic E-state index is 0.167. The summed E-state index contributed by atoms with van der Waals surface area (Å²) >= 11 is 6.74. The summed E-state index contributed by atoms with van der Waals surface area (Å²) in [5, 5.41) is 80.1. The monoisotopic (exact) mass is 1250 g/mol. The van der Waals surface area contributed by atoms with Crippen LogP contribution in [0.1, 0.15) is 145 Å². The number of aliphatic hydroxyl groups is 8. The van der Waals surface area contributed by atoms with Crippen LogP contribution in [-0.2, 0) is 23.7 Å². The van der Waals surface area contributed by atoms with Gasteiger partial charge in [0.2, 0.25) is 0 Å². The first-order valence-corrected chi connectivity index (χ1v) is 30.0. The molecule has 10 rings (SSSR count). The number of amides is 2. The smallest absolute Gasteiger partial charge is 0.407 e. The van der Waals surface area contributed by atoms with Gasteiger partial charge in [0.15, 0.2) is 0 Å². The standard InChI is InChI=1S/2C11H22N2O4.C6H9BrO2.C6H9BrO.C6H14N2O2.C6H8O2.C6H8.C4H8/c2*1-11(2,3)17-10(16)13-7-4-6(12)8(14)5-9(7)15;7-3-1-5-6(9-5)2-4(3)8;7-5-3-1-2-4-6(5)8;7-3-1-4(8)6(10)2-5(3)9;1-3-5(7-3)2-6-4(1)8-6;1-2-4-6-5-3-1;1-3-4-2/h2*6-9,14-15H,4-5,12H2,1-3H3,(H,13,16);3-6,8H,1-2H2;1-2,5-6,8H,3-4H2;3-6,9-10H,1-2,7-8H2;3-6H,1-2H2;1-2,5-6H,3-4H2;3H,1,4H2,2H3/t2*6-,7+,8-,9+;3-,4-,5-,6+;5-,6-;3-,4+,5-,6+;3-,4+,5+,6-;;/m1011..../s1. The zero-order chi connectivity index (χ0) is 59.4. The molecule has 23 heteroatoms. The van der Waals surface area contributed by atoms with Crippen LogP contribution in [0.4, 0.5) is 9.59 Å². The molecule has 10 aliphatic rings. The Hall–Kier alpha value is -2.14. The number of hydrogen-bond acceptors (Lipinski definition) is 19. The van der Waals surface area contributed by atoms with Gasteiger partial charge in [-0.2, -0.15) is 0 Å². The van der Waals surface area contributed by atoms with Crippen LogP contribution < -0.4 is 33.6 Å². The first kappa shape index (κ1) is 71.1. The Morgan fingerprint density at radius 3 is 1.11 bits per heavy atom. The highest BCUT2D eigenvalue weighted by atomic mass is 79.9. The molecule has 458 valence electrons. The van der Waals surface area contributed by atoms with E-state index in [0.717, 1.165) is 44.9 Å². The molecule has 3 aliphatic heterocycles. The fourth-order valence-corrected chi connectivity index (χ4v) is 10.2. The zero-order valence-electron chi connectivity index (χ0n) is 47.6.